The van der Waals surface area contributed by atoms with E-state index in [1.54, 1.807) is 0 Å². The summed E-state index contributed by atoms with van der Waals surface area (Å²) in [5, 5.41) is 0. The fraction of sp³-hybridized carbons (Fsp3) is 0.300. The molecule has 1 heterocycles. The Bertz CT molecular complexity index is 294. The van der Waals surface area contributed by atoms with Gasteiger partial charge in [0, 0.05) is 0 Å². The highest BCUT2D eigenvalue weighted by Crippen LogP contribution is 2.20. The van der Waals surface area contributed by atoms with E-state index in [0.29, 0.717) is 0 Å². The van der Waals surface area contributed by atoms with Crippen molar-refractivity contribution in [1.29, 1.82) is 0 Å². The van der Waals surface area contributed by atoms with Crippen LogP contribution in [0.3, 0.4) is 0 Å². The van der Waals surface area contributed by atoms with Crippen molar-refractivity contribution in [3.05, 3.63) is 35.9 Å². The largest absolute Gasteiger partial charge is 0.347 e. The summed E-state index contributed by atoms with van der Waals surface area (Å²) in [7, 11) is 0. The highest BCUT2D eigenvalue weighted by Gasteiger charge is 2.24. The van der Waals surface area contributed by atoms with Crippen LogP contribution in [0, 0.1) is 0 Å². The second-order valence-corrected chi connectivity index (χ2v) is 2.89. The van der Waals surface area contributed by atoms with Crippen molar-refractivity contribution in [1.82, 2.24) is 0 Å². The van der Waals surface area contributed by atoms with E-state index in [4.69, 9.17) is 9.47 Å². The van der Waals surface area contributed by atoms with Gasteiger partial charge in [-0.05, 0) is 5.56 Å². The number of carbonyl (C=O) groups excluding carboxylic acids is 1. The number of hydrogen-bond donors (Lipinski definition) is 0. The molecule has 0 aromatic heterocycles. The topological polar surface area (TPSA) is 35.5 Å². The van der Waals surface area contributed by atoms with E-state index in [1.165, 1.54) is 0 Å². The highest BCUT2D eigenvalue weighted by atomic mass is 16.7. The van der Waals surface area contributed by atoms with Crippen LogP contribution >= 0.6 is 0 Å². The molecule has 0 radical (unpaired) electrons. The van der Waals surface area contributed by atoms with Crippen LogP contribution in [0.15, 0.2) is 30.3 Å². The summed E-state index contributed by atoms with van der Waals surface area (Å²) in [6.45, 7) is 0.352. The molecule has 1 aromatic rings. The molecule has 1 fully saturated rings. The summed E-state index contributed by atoms with van der Waals surface area (Å²) < 4.78 is 10.1. The SMILES string of the molecule is O=C1COCOC1c1ccccc1. The van der Waals surface area contributed by atoms with Crippen LogP contribution in [-0.4, -0.2) is 19.2 Å². The van der Waals surface area contributed by atoms with Gasteiger partial charge >= 0.3 is 0 Å². The average molecular weight is 178 g/mol. The standard InChI is InChI=1S/C10H10O3/c11-9-6-12-7-13-10(9)8-4-2-1-3-5-8/h1-5,10H,6-7H2. The minimum atomic E-state index is -0.435. The van der Waals surface area contributed by atoms with Gasteiger partial charge in [0.25, 0.3) is 0 Å². The lowest BCUT2D eigenvalue weighted by Crippen LogP contribution is -2.27. The molecule has 1 saturated heterocycles. The van der Waals surface area contributed by atoms with Gasteiger partial charge < -0.3 is 9.47 Å². The number of ether oxygens (including phenoxy) is 2. The molecule has 1 aromatic carbocycles. The van der Waals surface area contributed by atoms with E-state index < -0.39 is 6.10 Å². The van der Waals surface area contributed by atoms with Gasteiger partial charge in [-0.3, -0.25) is 4.79 Å². The molecule has 2 rings (SSSR count). The Balaban J connectivity index is 2.20. The zero-order chi connectivity index (χ0) is 9.10. The van der Waals surface area contributed by atoms with Gasteiger partial charge in [0.15, 0.2) is 5.78 Å². The Morgan fingerprint density at radius 3 is 2.69 bits per heavy atom. The van der Waals surface area contributed by atoms with Crippen LogP contribution in [-0.2, 0) is 14.3 Å². The first-order valence-corrected chi connectivity index (χ1v) is 4.15. The summed E-state index contributed by atoms with van der Waals surface area (Å²) in [6, 6.07) is 9.46. The molecule has 13 heavy (non-hydrogen) atoms. The number of benzene rings is 1. The lowest BCUT2D eigenvalue weighted by molar-refractivity contribution is -0.169. The van der Waals surface area contributed by atoms with E-state index >= 15 is 0 Å². The third-order valence-electron chi connectivity index (χ3n) is 1.96. The van der Waals surface area contributed by atoms with E-state index in [2.05, 4.69) is 0 Å². The molecular formula is C10H10O3. The molecule has 1 unspecified atom stereocenters. The molecule has 3 heteroatoms. The van der Waals surface area contributed by atoms with Crippen LogP contribution in [0.4, 0.5) is 0 Å². The number of rotatable bonds is 1. The normalized spacial score (nSPS) is 23.1. The van der Waals surface area contributed by atoms with Crippen LogP contribution in [0.5, 0.6) is 0 Å². The van der Waals surface area contributed by atoms with Gasteiger partial charge in [0.1, 0.15) is 19.5 Å². The van der Waals surface area contributed by atoms with Gasteiger partial charge in [-0.25, -0.2) is 0 Å². The van der Waals surface area contributed by atoms with Crippen molar-refractivity contribution < 1.29 is 14.3 Å². The van der Waals surface area contributed by atoms with Gasteiger partial charge in [-0.1, -0.05) is 30.3 Å². The predicted octanol–water partition coefficient (Wildman–Crippen LogP) is 1.30. The summed E-state index contributed by atoms with van der Waals surface area (Å²) in [5.74, 6) is -0.0162. The monoisotopic (exact) mass is 178 g/mol. The zero-order valence-corrected chi connectivity index (χ0v) is 7.10. The molecule has 0 aliphatic carbocycles. The van der Waals surface area contributed by atoms with Crippen LogP contribution < -0.4 is 0 Å². The summed E-state index contributed by atoms with van der Waals surface area (Å²) in [6.07, 6.45) is -0.435. The second-order valence-electron chi connectivity index (χ2n) is 2.89. The maximum absolute atomic E-state index is 11.3. The minimum Gasteiger partial charge on any atom is -0.347 e. The lowest BCUT2D eigenvalue weighted by atomic mass is 10.1. The fourth-order valence-corrected chi connectivity index (χ4v) is 1.34. The molecule has 3 nitrogen and oxygen atoms in total. The maximum Gasteiger partial charge on any atom is 0.191 e. The maximum atomic E-state index is 11.3. The lowest BCUT2D eigenvalue weighted by Gasteiger charge is -2.21. The Labute approximate surface area is 76.3 Å². The van der Waals surface area contributed by atoms with Gasteiger partial charge in [0.05, 0.1) is 0 Å². The Kier molecular flexibility index (Phi) is 2.38. The molecule has 0 saturated carbocycles. The first-order chi connectivity index (χ1) is 6.38. The molecule has 0 bridgehead atoms. The van der Waals surface area contributed by atoms with Crippen LogP contribution in [0.1, 0.15) is 11.7 Å². The zero-order valence-electron chi connectivity index (χ0n) is 7.10. The first kappa shape index (κ1) is 8.41. The second kappa shape index (κ2) is 3.68. The summed E-state index contributed by atoms with van der Waals surface area (Å²) in [5.41, 5.74) is 0.899. The number of carbonyl (C=O) groups is 1. The Morgan fingerprint density at radius 1 is 1.23 bits per heavy atom. The molecular weight excluding hydrogens is 168 g/mol. The highest BCUT2D eigenvalue weighted by molar-refractivity contribution is 5.85. The minimum absolute atomic E-state index is 0.0162. The number of Topliss-reactive ketones (excluding diaryl/α,β-unsaturated/α-hetero) is 1. The summed E-state index contributed by atoms with van der Waals surface area (Å²) >= 11 is 0. The Hall–Kier alpha value is -1.19. The van der Waals surface area contributed by atoms with Crippen molar-refractivity contribution in [3.63, 3.8) is 0 Å². The summed E-state index contributed by atoms with van der Waals surface area (Å²) in [4.78, 5) is 11.3. The average Bonchev–Trinajstić information content (AvgIpc) is 2.20. The van der Waals surface area contributed by atoms with Gasteiger partial charge in [-0.2, -0.15) is 0 Å². The molecule has 0 amide bonds. The first-order valence-electron chi connectivity index (χ1n) is 4.15. The Morgan fingerprint density at radius 2 is 2.00 bits per heavy atom. The molecule has 0 spiro atoms. The fourth-order valence-electron chi connectivity index (χ4n) is 1.34. The molecule has 0 N–H and O–H groups in total. The van der Waals surface area contributed by atoms with Crippen molar-refractivity contribution >= 4 is 5.78 Å². The van der Waals surface area contributed by atoms with E-state index in [1.807, 2.05) is 30.3 Å². The third kappa shape index (κ3) is 1.76. The predicted molar refractivity (Wildman–Crippen MR) is 46.1 cm³/mol. The van der Waals surface area contributed by atoms with Crippen molar-refractivity contribution in [2.75, 3.05) is 13.4 Å². The number of ketones is 1. The molecule has 68 valence electrons. The van der Waals surface area contributed by atoms with E-state index in [0.717, 1.165) is 5.56 Å². The van der Waals surface area contributed by atoms with Crippen molar-refractivity contribution in [2.24, 2.45) is 0 Å². The van der Waals surface area contributed by atoms with E-state index in [-0.39, 0.29) is 19.2 Å². The van der Waals surface area contributed by atoms with Gasteiger partial charge in [-0.15, -0.1) is 0 Å². The molecule has 1 atom stereocenters. The van der Waals surface area contributed by atoms with Crippen LogP contribution in [0.25, 0.3) is 0 Å². The van der Waals surface area contributed by atoms with Crippen LogP contribution in [0.2, 0.25) is 0 Å². The molecule has 1 aliphatic heterocycles. The van der Waals surface area contributed by atoms with E-state index in [9.17, 15) is 4.79 Å². The van der Waals surface area contributed by atoms with Crippen molar-refractivity contribution in [3.8, 4) is 0 Å². The quantitative estimate of drug-likeness (QED) is 0.650. The molecule has 1 aliphatic rings. The third-order valence-corrected chi connectivity index (χ3v) is 1.96. The van der Waals surface area contributed by atoms with Gasteiger partial charge in [0.2, 0.25) is 0 Å². The number of hydrogen-bond acceptors (Lipinski definition) is 3. The smallest absolute Gasteiger partial charge is 0.191 e. The van der Waals surface area contributed by atoms with Crippen molar-refractivity contribution in [2.45, 2.75) is 6.10 Å².